The maximum atomic E-state index is 13.8. The van der Waals surface area contributed by atoms with Gasteiger partial charge in [-0.2, -0.15) is 9.61 Å². The van der Waals surface area contributed by atoms with Crippen molar-refractivity contribution in [2.75, 3.05) is 5.32 Å². The molecule has 0 spiro atoms. The Morgan fingerprint density at radius 2 is 1.88 bits per heavy atom. The number of aryl methyl sites for hydroxylation is 1. The highest BCUT2D eigenvalue weighted by atomic mass is 32.1. The van der Waals surface area contributed by atoms with Crippen molar-refractivity contribution in [1.82, 2.24) is 19.8 Å². The van der Waals surface area contributed by atoms with Crippen LogP contribution in [0.25, 0.3) is 15.5 Å². The lowest BCUT2D eigenvalue weighted by molar-refractivity contribution is 0.102. The standard InChI is InChI=1S/C17H12FN5OS/c1-10-20-21-17-23(10)22-16(25-17)12-7-3-5-9-14(12)19-15(24)11-6-2-4-8-13(11)18/h2-9H,1H3,(H,19,24). The van der Waals surface area contributed by atoms with E-state index in [0.29, 0.717) is 21.5 Å². The Morgan fingerprint density at radius 3 is 2.68 bits per heavy atom. The van der Waals surface area contributed by atoms with Crippen LogP contribution in [0.3, 0.4) is 0 Å². The smallest absolute Gasteiger partial charge is 0.258 e. The zero-order valence-corrected chi connectivity index (χ0v) is 13.9. The number of halogens is 1. The molecule has 0 bridgehead atoms. The summed E-state index contributed by atoms with van der Waals surface area (Å²) < 4.78 is 15.5. The average Bonchev–Trinajstić information content (AvgIpc) is 3.18. The van der Waals surface area contributed by atoms with E-state index in [0.717, 1.165) is 5.56 Å². The third kappa shape index (κ3) is 2.76. The van der Waals surface area contributed by atoms with Gasteiger partial charge in [-0.1, -0.05) is 35.6 Å². The van der Waals surface area contributed by atoms with Crippen LogP contribution < -0.4 is 5.32 Å². The zero-order valence-electron chi connectivity index (χ0n) is 13.1. The number of anilines is 1. The van der Waals surface area contributed by atoms with Gasteiger partial charge in [-0.3, -0.25) is 4.79 Å². The van der Waals surface area contributed by atoms with Gasteiger partial charge >= 0.3 is 0 Å². The number of aromatic nitrogens is 4. The van der Waals surface area contributed by atoms with Crippen LogP contribution in [0.15, 0.2) is 48.5 Å². The molecule has 0 aliphatic heterocycles. The number of amides is 1. The molecule has 124 valence electrons. The second-order valence-electron chi connectivity index (χ2n) is 5.33. The molecule has 0 aliphatic carbocycles. The molecule has 0 saturated carbocycles. The Balaban J connectivity index is 1.72. The fraction of sp³-hybridized carbons (Fsp3) is 0.0588. The molecule has 0 unspecified atom stereocenters. The number of benzene rings is 2. The van der Waals surface area contributed by atoms with Crippen LogP contribution in [-0.2, 0) is 0 Å². The number of nitrogens with zero attached hydrogens (tertiary/aromatic N) is 4. The SMILES string of the molecule is Cc1nnc2sc(-c3ccccc3NC(=O)c3ccccc3F)nn12. The summed E-state index contributed by atoms with van der Waals surface area (Å²) in [5.74, 6) is -0.387. The highest BCUT2D eigenvalue weighted by molar-refractivity contribution is 7.19. The Labute approximate surface area is 146 Å². The number of hydrogen-bond acceptors (Lipinski definition) is 5. The lowest BCUT2D eigenvalue weighted by atomic mass is 10.1. The molecule has 4 aromatic rings. The molecule has 25 heavy (non-hydrogen) atoms. The first kappa shape index (κ1) is 15.4. The van der Waals surface area contributed by atoms with Crippen molar-refractivity contribution < 1.29 is 9.18 Å². The van der Waals surface area contributed by atoms with E-state index in [4.69, 9.17) is 0 Å². The van der Waals surface area contributed by atoms with Crippen molar-refractivity contribution >= 4 is 27.9 Å². The van der Waals surface area contributed by atoms with E-state index in [2.05, 4.69) is 20.6 Å². The number of carbonyl (C=O) groups excluding carboxylic acids is 1. The molecule has 0 radical (unpaired) electrons. The highest BCUT2D eigenvalue weighted by Crippen LogP contribution is 2.31. The van der Waals surface area contributed by atoms with E-state index >= 15 is 0 Å². The topological polar surface area (TPSA) is 72.2 Å². The minimum absolute atomic E-state index is 0.00807. The normalized spacial score (nSPS) is 11.0. The summed E-state index contributed by atoms with van der Waals surface area (Å²) in [6.07, 6.45) is 0. The van der Waals surface area contributed by atoms with Crippen LogP contribution in [0.2, 0.25) is 0 Å². The van der Waals surface area contributed by atoms with Gasteiger partial charge in [0.05, 0.1) is 11.3 Å². The summed E-state index contributed by atoms with van der Waals surface area (Å²) in [6, 6.07) is 13.1. The maximum Gasteiger partial charge on any atom is 0.258 e. The van der Waals surface area contributed by atoms with E-state index in [1.807, 2.05) is 19.1 Å². The van der Waals surface area contributed by atoms with Crippen molar-refractivity contribution in [3.63, 3.8) is 0 Å². The minimum atomic E-state index is -0.563. The van der Waals surface area contributed by atoms with Crippen LogP contribution in [-0.4, -0.2) is 25.7 Å². The molecule has 2 heterocycles. The number of para-hydroxylation sites is 1. The van der Waals surface area contributed by atoms with Crippen LogP contribution in [0, 0.1) is 12.7 Å². The van der Waals surface area contributed by atoms with Gasteiger partial charge in [0.15, 0.2) is 5.82 Å². The summed E-state index contributed by atoms with van der Waals surface area (Å²) in [4.78, 5) is 13.1. The molecule has 0 aliphatic rings. The summed E-state index contributed by atoms with van der Waals surface area (Å²) >= 11 is 1.36. The summed E-state index contributed by atoms with van der Waals surface area (Å²) in [6.45, 7) is 1.81. The van der Waals surface area contributed by atoms with Gasteiger partial charge in [0.2, 0.25) is 4.96 Å². The lowest BCUT2D eigenvalue weighted by Crippen LogP contribution is -2.14. The summed E-state index contributed by atoms with van der Waals surface area (Å²) in [5, 5.41) is 15.9. The molecular weight excluding hydrogens is 341 g/mol. The lowest BCUT2D eigenvalue weighted by Gasteiger charge is -2.09. The van der Waals surface area contributed by atoms with Crippen LogP contribution >= 0.6 is 11.3 Å². The van der Waals surface area contributed by atoms with Crippen molar-refractivity contribution in [3.8, 4) is 10.6 Å². The third-order valence-electron chi connectivity index (χ3n) is 3.67. The Morgan fingerprint density at radius 1 is 1.12 bits per heavy atom. The van der Waals surface area contributed by atoms with E-state index in [9.17, 15) is 9.18 Å². The fourth-order valence-corrected chi connectivity index (χ4v) is 3.36. The Kier molecular flexibility index (Phi) is 3.73. The van der Waals surface area contributed by atoms with Gasteiger partial charge in [0.25, 0.3) is 5.91 Å². The molecule has 0 fully saturated rings. The van der Waals surface area contributed by atoms with Gasteiger partial charge < -0.3 is 5.32 Å². The molecule has 0 saturated heterocycles. The zero-order chi connectivity index (χ0) is 17.4. The molecule has 8 heteroatoms. The largest absolute Gasteiger partial charge is 0.321 e. The van der Waals surface area contributed by atoms with E-state index in [-0.39, 0.29) is 5.56 Å². The molecule has 6 nitrogen and oxygen atoms in total. The average molecular weight is 353 g/mol. The van der Waals surface area contributed by atoms with Crippen molar-refractivity contribution in [2.45, 2.75) is 6.92 Å². The van der Waals surface area contributed by atoms with Gasteiger partial charge in [0, 0.05) is 5.56 Å². The van der Waals surface area contributed by atoms with Crippen LogP contribution in [0.5, 0.6) is 0 Å². The number of nitrogens with one attached hydrogen (secondary N) is 1. The van der Waals surface area contributed by atoms with E-state index in [1.54, 1.807) is 28.8 Å². The van der Waals surface area contributed by atoms with Gasteiger partial charge in [0.1, 0.15) is 10.8 Å². The number of fused-ring (bicyclic) bond motifs is 1. The first-order chi connectivity index (χ1) is 12.1. The summed E-state index contributed by atoms with van der Waals surface area (Å²) in [5.41, 5.74) is 1.28. The van der Waals surface area contributed by atoms with Crippen molar-refractivity contribution in [1.29, 1.82) is 0 Å². The predicted octanol–water partition coefficient (Wildman–Crippen LogP) is 3.55. The number of hydrogen-bond donors (Lipinski definition) is 1. The molecule has 2 aromatic carbocycles. The Hall–Kier alpha value is -3.13. The molecular formula is C17H12FN5OS. The van der Waals surface area contributed by atoms with Gasteiger partial charge in [-0.05, 0) is 31.2 Å². The second-order valence-corrected chi connectivity index (χ2v) is 6.28. The van der Waals surface area contributed by atoms with Crippen molar-refractivity contribution in [3.05, 3.63) is 65.7 Å². The quantitative estimate of drug-likeness (QED) is 0.611. The van der Waals surface area contributed by atoms with Crippen LogP contribution in [0.4, 0.5) is 10.1 Å². The second kappa shape index (κ2) is 6.06. The first-order valence-corrected chi connectivity index (χ1v) is 8.29. The third-order valence-corrected chi connectivity index (χ3v) is 4.60. The molecule has 1 amide bonds. The van der Waals surface area contributed by atoms with E-state index < -0.39 is 11.7 Å². The molecule has 0 atom stereocenters. The first-order valence-electron chi connectivity index (χ1n) is 7.47. The fourth-order valence-electron chi connectivity index (χ4n) is 2.44. The molecule has 2 aromatic heterocycles. The van der Waals surface area contributed by atoms with Crippen molar-refractivity contribution in [2.24, 2.45) is 0 Å². The minimum Gasteiger partial charge on any atom is -0.321 e. The van der Waals surface area contributed by atoms with E-state index in [1.165, 1.54) is 23.5 Å². The Bertz CT molecular complexity index is 1090. The number of rotatable bonds is 3. The summed E-state index contributed by atoms with van der Waals surface area (Å²) in [7, 11) is 0. The molecule has 4 rings (SSSR count). The maximum absolute atomic E-state index is 13.8. The van der Waals surface area contributed by atoms with Gasteiger partial charge in [-0.25, -0.2) is 4.39 Å². The number of carbonyl (C=O) groups is 1. The highest BCUT2D eigenvalue weighted by Gasteiger charge is 2.16. The molecule has 1 N–H and O–H groups in total. The van der Waals surface area contributed by atoms with Gasteiger partial charge in [-0.15, -0.1) is 10.2 Å². The predicted molar refractivity (Wildman–Crippen MR) is 93.2 cm³/mol. The monoisotopic (exact) mass is 353 g/mol. The van der Waals surface area contributed by atoms with Crippen LogP contribution in [0.1, 0.15) is 16.2 Å².